The SMILES string of the molecule is CNCCc1c(Br)c2ccccc2n1C. The first kappa shape index (κ1) is 10.7. The van der Waals surface area contributed by atoms with Crippen LogP contribution in [0, 0.1) is 0 Å². The lowest BCUT2D eigenvalue weighted by Crippen LogP contribution is -2.12. The summed E-state index contributed by atoms with van der Waals surface area (Å²) < 4.78 is 3.49. The molecule has 0 atom stereocenters. The molecule has 0 saturated heterocycles. The zero-order chi connectivity index (χ0) is 10.8. The fourth-order valence-electron chi connectivity index (χ4n) is 1.92. The van der Waals surface area contributed by atoms with Crippen LogP contribution in [0.3, 0.4) is 0 Å². The molecule has 0 spiro atoms. The molecule has 3 heteroatoms. The highest BCUT2D eigenvalue weighted by molar-refractivity contribution is 9.10. The van der Waals surface area contributed by atoms with Crippen molar-refractivity contribution in [3.05, 3.63) is 34.4 Å². The van der Waals surface area contributed by atoms with E-state index in [1.807, 2.05) is 7.05 Å². The van der Waals surface area contributed by atoms with Crippen LogP contribution in [-0.4, -0.2) is 18.2 Å². The van der Waals surface area contributed by atoms with Crippen LogP contribution in [0.4, 0.5) is 0 Å². The van der Waals surface area contributed by atoms with Crippen LogP contribution < -0.4 is 5.32 Å². The van der Waals surface area contributed by atoms with Gasteiger partial charge in [-0.1, -0.05) is 18.2 Å². The van der Waals surface area contributed by atoms with Gasteiger partial charge in [-0.3, -0.25) is 0 Å². The van der Waals surface area contributed by atoms with E-state index in [0.717, 1.165) is 13.0 Å². The summed E-state index contributed by atoms with van der Waals surface area (Å²) in [4.78, 5) is 0. The molecule has 0 amide bonds. The number of aromatic nitrogens is 1. The molecule has 80 valence electrons. The summed E-state index contributed by atoms with van der Waals surface area (Å²) in [5.74, 6) is 0. The van der Waals surface area contributed by atoms with Gasteiger partial charge in [0.15, 0.2) is 0 Å². The summed E-state index contributed by atoms with van der Waals surface area (Å²) in [5.41, 5.74) is 2.64. The average Bonchev–Trinajstić information content (AvgIpc) is 2.51. The van der Waals surface area contributed by atoms with Crippen molar-refractivity contribution in [1.29, 1.82) is 0 Å². The number of halogens is 1. The van der Waals surface area contributed by atoms with Crippen molar-refractivity contribution in [1.82, 2.24) is 9.88 Å². The molecule has 1 aromatic heterocycles. The van der Waals surface area contributed by atoms with Gasteiger partial charge in [0, 0.05) is 41.1 Å². The topological polar surface area (TPSA) is 17.0 Å². The van der Waals surface area contributed by atoms with Crippen LogP contribution in [0.1, 0.15) is 5.69 Å². The quantitative estimate of drug-likeness (QED) is 0.904. The van der Waals surface area contributed by atoms with Crippen molar-refractivity contribution in [2.45, 2.75) is 6.42 Å². The summed E-state index contributed by atoms with van der Waals surface area (Å²) in [7, 11) is 4.11. The summed E-state index contributed by atoms with van der Waals surface area (Å²) >= 11 is 3.68. The van der Waals surface area contributed by atoms with Crippen molar-refractivity contribution in [2.75, 3.05) is 13.6 Å². The molecule has 1 heterocycles. The predicted molar refractivity (Wildman–Crippen MR) is 68.2 cm³/mol. The minimum Gasteiger partial charge on any atom is -0.346 e. The van der Waals surface area contributed by atoms with Crippen molar-refractivity contribution in [2.24, 2.45) is 7.05 Å². The second-order valence-electron chi connectivity index (χ2n) is 3.69. The van der Waals surface area contributed by atoms with Crippen molar-refractivity contribution < 1.29 is 0 Å². The summed E-state index contributed by atoms with van der Waals surface area (Å²) in [5, 5.41) is 4.48. The first-order chi connectivity index (χ1) is 7.25. The zero-order valence-corrected chi connectivity index (χ0v) is 10.6. The monoisotopic (exact) mass is 266 g/mol. The number of nitrogens with zero attached hydrogens (tertiary/aromatic N) is 1. The highest BCUT2D eigenvalue weighted by Crippen LogP contribution is 2.30. The Kier molecular flexibility index (Phi) is 3.12. The fraction of sp³-hybridized carbons (Fsp3) is 0.333. The first-order valence-electron chi connectivity index (χ1n) is 5.12. The normalized spacial score (nSPS) is 11.1. The Hall–Kier alpha value is -0.800. The average molecular weight is 267 g/mol. The lowest BCUT2D eigenvalue weighted by molar-refractivity contribution is 0.743. The molecule has 0 bridgehead atoms. The van der Waals surface area contributed by atoms with Crippen molar-refractivity contribution in [3.63, 3.8) is 0 Å². The van der Waals surface area contributed by atoms with Gasteiger partial charge in [-0.05, 0) is 29.0 Å². The van der Waals surface area contributed by atoms with Gasteiger partial charge in [0.25, 0.3) is 0 Å². The van der Waals surface area contributed by atoms with E-state index in [0.29, 0.717) is 0 Å². The summed E-state index contributed by atoms with van der Waals surface area (Å²) in [6.07, 6.45) is 1.04. The van der Waals surface area contributed by atoms with E-state index < -0.39 is 0 Å². The number of hydrogen-bond acceptors (Lipinski definition) is 1. The van der Waals surface area contributed by atoms with Crippen molar-refractivity contribution >= 4 is 26.8 Å². The molecule has 0 unspecified atom stereocenters. The van der Waals surface area contributed by atoms with Gasteiger partial charge < -0.3 is 9.88 Å². The van der Waals surface area contributed by atoms with Crippen LogP contribution in [0.5, 0.6) is 0 Å². The number of nitrogens with one attached hydrogen (secondary N) is 1. The Morgan fingerprint density at radius 2 is 2.07 bits per heavy atom. The van der Waals surface area contributed by atoms with Gasteiger partial charge in [0.05, 0.1) is 0 Å². The van der Waals surface area contributed by atoms with E-state index in [9.17, 15) is 0 Å². The Morgan fingerprint density at radius 3 is 2.73 bits per heavy atom. The van der Waals surface area contributed by atoms with Gasteiger partial charge in [0.2, 0.25) is 0 Å². The molecule has 2 nitrogen and oxygen atoms in total. The predicted octanol–water partition coefficient (Wildman–Crippen LogP) is 2.70. The third-order valence-electron chi connectivity index (χ3n) is 2.77. The Labute approximate surface area is 98.4 Å². The minimum atomic E-state index is 1.00. The Balaban J connectivity index is 2.54. The number of aryl methyl sites for hydroxylation is 1. The van der Waals surface area contributed by atoms with E-state index >= 15 is 0 Å². The Morgan fingerprint density at radius 1 is 1.33 bits per heavy atom. The van der Waals surface area contributed by atoms with E-state index in [1.165, 1.54) is 21.1 Å². The highest BCUT2D eigenvalue weighted by Gasteiger charge is 2.11. The first-order valence-corrected chi connectivity index (χ1v) is 5.91. The molecule has 15 heavy (non-hydrogen) atoms. The second kappa shape index (κ2) is 4.37. The number of para-hydroxylation sites is 1. The van der Waals surface area contributed by atoms with E-state index in [1.54, 1.807) is 0 Å². The van der Waals surface area contributed by atoms with E-state index in [4.69, 9.17) is 0 Å². The summed E-state index contributed by atoms with van der Waals surface area (Å²) in [6, 6.07) is 8.47. The molecule has 0 aliphatic rings. The lowest BCUT2D eigenvalue weighted by atomic mass is 10.2. The number of likely N-dealkylation sites (N-methyl/N-ethyl adjacent to an activating group) is 1. The standard InChI is InChI=1S/C12H15BrN2/c1-14-8-7-11-12(13)9-5-3-4-6-10(9)15(11)2/h3-6,14H,7-8H2,1-2H3. The molecule has 0 fully saturated rings. The smallest absolute Gasteiger partial charge is 0.0491 e. The number of hydrogen-bond donors (Lipinski definition) is 1. The highest BCUT2D eigenvalue weighted by atomic mass is 79.9. The van der Waals surface area contributed by atoms with Crippen LogP contribution in [0.15, 0.2) is 28.7 Å². The Bertz CT molecular complexity index is 435. The van der Waals surface area contributed by atoms with Gasteiger partial charge in [-0.2, -0.15) is 0 Å². The number of rotatable bonds is 3. The maximum Gasteiger partial charge on any atom is 0.0491 e. The van der Waals surface area contributed by atoms with Gasteiger partial charge in [0.1, 0.15) is 0 Å². The molecule has 1 N–H and O–H groups in total. The molecular weight excluding hydrogens is 252 g/mol. The van der Waals surface area contributed by atoms with Crippen LogP contribution in [0.25, 0.3) is 10.9 Å². The third-order valence-corrected chi connectivity index (χ3v) is 3.66. The maximum atomic E-state index is 3.68. The molecule has 2 rings (SSSR count). The lowest BCUT2D eigenvalue weighted by Gasteiger charge is -2.04. The number of fused-ring (bicyclic) bond motifs is 1. The molecule has 1 aromatic carbocycles. The van der Waals surface area contributed by atoms with E-state index in [-0.39, 0.29) is 0 Å². The van der Waals surface area contributed by atoms with Gasteiger partial charge >= 0.3 is 0 Å². The largest absolute Gasteiger partial charge is 0.346 e. The zero-order valence-electron chi connectivity index (χ0n) is 9.05. The maximum absolute atomic E-state index is 3.68. The molecule has 0 aliphatic carbocycles. The van der Waals surface area contributed by atoms with E-state index in [2.05, 4.69) is 57.1 Å². The van der Waals surface area contributed by atoms with Crippen LogP contribution in [0.2, 0.25) is 0 Å². The van der Waals surface area contributed by atoms with Crippen molar-refractivity contribution in [3.8, 4) is 0 Å². The van der Waals surface area contributed by atoms with Gasteiger partial charge in [-0.15, -0.1) is 0 Å². The fourth-order valence-corrected chi connectivity index (χ4v) is 2.72. The van der Waals surface area contributed by atoms with Gasteiger partial charge in [-0.25, -0.2) is 0 Å². The molecular formula is C12H15BrN2. The molecule has 0 aliphatic heterocycles. The third kappa shape index (κ3) is 1.82. The summed E-state index contributed by atoms with van der Waals surface area (Å²) in [6.45, 7) is 1.00. The molecule has 0 radical (unpaired) electrons. The van der Waals surface area contributed by atoms with Crippen LogP contribution in [-0.2, 0) is 13.5 Å². The number of benzene rings is 1. The molecule has 0 saturated carbocycles. The minimum absolute atomic E-state index is 1.00. The second-order valence-corrected chi connectivity index (χ2v) is 4.48. The molecule has 2 aromatic rings. The van der Waals surface area contributed by atoms with Crippen LogP contribution >= 0.6 is 15.9 Å².